The van der Waals surface area contributed by atoms with E-state index in [0.717, 1.165) is 12.3 Å². The van der Waals surface area contributed by atoms with Gasteiger partial charge in [0.25, 0.3) is 0 Å². The van der Waals surface area contributed by atoms with E-state index < -0.39 is 11.7 Å². The van der Waals surface area contributed by atoms with Gasteiger partial charge in [0.1, 0.15) is 5.69 Å². The summed E-state index contributed by atoms with van der Waals surface area (Å²) in [4.78, 5) is 3.54. The van der Waals surface area contributed by atoms with Gasteiger partial charge in [-0.1, -0.05) is 5.92 Å². The second-order valence-electron chi connectivity index (χ2n) is 2.71. The van der Waals surface area contributed by atoms with Crippen LogP contribution in [0.5, 0.6) is 0 Å². The Labute approximate surface area is 84.8 Å². The van der Waals surface area contributed by atoms with Crippen molar-refractivity contribution in [2.75, 3.05) is 6.61 Å². The first-order valence-corrected chi connectivity index (χ1v) is 4.17. The second-order valence-corrected chi connectivity index (χ2v) is 2.71. The van der Waals surface area contributed by atoms with Crippen LogP contribution in [0.3, 0.4) is 0 Å². The summed E-state index contributed by atoms with van der Waals surface area (Å²) in [6.07, 6.45) is -3.35. The van der Waals surface area contributed by atoms with Crippen molar-refractivity contribution in [1.82, 2.24) is 4.98 Å². The van der Waals surface area contributed by atoms with Crippen molar-refractivity contribution in [1.29, 1.82) is 0 Å². The molecule has 1 aromatic heterocycles. The molecule has 15 heavy (non-hydrogen) atoms. The highest BCUT2D eigenvalue weighted by Crippen LogP contribution is 2.28. The Kier molecular flexibility index (Phi) is 3.69. The molecular formula is C10H8F3NO. The summed E-state index contributed by atoms with van der Waals surface area (Å²) in [6, 6.07) is 2.13. The third kappa shape index (κ3) is 3.60. The van der Waals surface area contributed by atoms with E-state index >= 15 is 0 Å². The lowest BCUT2D eigenvalue weighted by Crippen LogP contribution is -2.05. The number of rotatable bonds is 1. The van der Waals surface area contributed by atoms with Crippen molar-refractivity contribution < 1.29 is 18.3 Å². The molecular weight excluding hydrogens is 207 g/mol. The molecule has 0 saturated carbocycles. The fourth-order valence-corrected chi connectivity index (χ4v) is 0.844. The monoisotopic (exact) mass is 215 g/mol. The zero-order valence-corrected chi connectivity index (χ0v) is 7.67. The summed E-state index contributed by atoms with van der Waals surface area (Å²) in [6.45, 7) is -0.0758. The Morgan fingerprint density at radius 2 is 2.07 bits per heavy atom. The molecule has 0 amide bonds. The van der Waals surface area contributed by atoms with Crippen LogP contribution in [0.25, 0.3) is 0 Å². The minimum Gasteiger partial charge on any atom is -0.395 e. The molecule has 1 heterocycles. The largest absolute Gasteiger partial charge is 0.417 e. The van der Waals surface area contributed by atoms with Crippen LogP contribution in [-0.4, -0.2) is 16.7 Å². The second kappa shape index (κ2) is 4.80. The Hall–Kier alpha value is -1.54. The number of halogens is 3. The molecule has 0 aliphatic heterocycles. The maximum Gasteiger partial charge on any atom is 0.417 e. The molecule has 0 fully saturated rings. The summed E-state index contributed by atoms with van der Waals surface area (Å²) in [7, 11) is 0. The van der Waals surface area contributed by atoms with Gasteiger partial charge in [-0.05, 0) is 18.1 Å². The van der Waals surface area contributed by atoms with Crippen LogP contribution in [0.15, 0.2) is 18.3 Å². The molecule has 1 rings (SSSR count). The third-order valence-electron chi connectivity index (χ3n) is 1.54. The van der Waals surface area contributed by atoms with Crippen LogP contribution in [-0.2, 0) is 6.18 Å². The zero-order valence-electron chi connectivity index (χ0n) is 7.67. The highest BCUT2D eigenvalue weighted by atomic mass is 19.4. The van der Waals surface area contributed by atoms with E-state index in [1.165, 1.54) is 6.07 Å². The first-order valence-electron chi connectivity index (χ1n) is 4.17. The van der Waals surface area contributed by atoms with Gasteiger partial charge < -0.3 is 5.11 Å². The maximum atomic E-state index is 12.1. The lowest BCUT2D eigenvalue weighted by Gasteiger charge is -2.04. The predicted octanol–water partition coefficient (Wildman–Crippen LogP) is 1.83. The van der Waals surface area contributed by atoms with E-state index in [9.17, 15) is 13.2 Å². The molecule has 0 bridgehead atoms. The van der Waals surface area contributed by atoms with Crippen LogP contribution in [0.2, 0.25) is 0 Å². The lowest BCUT2D eigenvalue weighted by molar-refractivity contribution is -0.137. The van der Waals surface area contributed by atoms with Crippen molar-refractivity contribution in [2.45, 2.75) is 12.6 Å². The number of nitrogens with zero attached hydrogens (tertiary/aromatic N) is 1. The molecule has 0 aliphatic rings. The summed E-state index contributed by atoms with van der Waals surface area (Å²) in [5.41, 5.74) is -0.536. The van der Waals surface area contributed by atoms with Gasteiger partial charge in [0.15, 0.2) is 0 Å². The van der Waals surface area contributed by atoms with E-state index in [2.05, 4.69) is 16.8 Å². The van der Waals surface area contributed by atoms with E-state index in [1.54, 1.807) is 0 Å². The standard InChI is InChI=1S/C10H8F3NO/c11-10(12,13)8-4-5-9(14-7-8)3-1-2-6-15/h4-5,7,15H,2,6H2. The molecule has 1 aromatic rings. The van der Waals surface area contributed by atoms with Gasteiger partial charge in [0, 0.05) is 12.6 Å². The Bertz CT molecular complexity index is 372. The summed E-state index contributed by atoms with van der Waals surface area (Å²) >= 11 is 0. The topological polar surface area (TPSA) is 33.1 Å². The smallest absolute Gasteiger partial charge is 0.395 e. The van der Waals surface area contributed by atoms with Gasteiger partial charge in [-0.15, -0.1) is 0 Å². The number of hydrogen-bond donors (Lipinski definition) is 1. The van der Waals surface area contributed by atoms with E-state index in [4.69, 9.17) is 5.11 Å². The highest BCUT2D eigenvalue weighted by molar-refractivity contribution is 5.29. The summed E-state index contributed by atoms with van der Waals surface area (Å²) in [5, 5.41) is 8.42. The van der Waals surface area contributed by atoms with Crippen molar-refractivity contribution in [3.8, 4) is 11.8 Å². The molecule has 80 valence electrons. The van der Waals surface area contributed by atoms with Crippen molar-refractivity contribution in [3.05, 3.63) is 29.6 Å². The van der Waals surface area contributed by atoms with Gasteiger partial charge in [-0.25, -0.2) is 4.98 Å². The Balaban J connectivity index is 2.79. The number of aliphatic hydroxyl groups is 1. The van der Waals surface area contributed by atoms with Crippen LogP contribution < -0.4 is 0 Å². The van der Waals surface area contributed by atoms with E-state index in [1.807, 2.05) is 0 Å². The number of hydrogen-bond acceptors (Lipinski definition) is 2. The first kappa shape index (κ1) is 11.5. The zero-order chi connectivity index (χ0) is 11.3. The first-order chi connectivity index (χ1) is 7.04. The molecule has 5 heteroatoms. The number of pyridine rings is 1. The third-order valence-corrected chi connectivity index (χ3v) is 1.54. The molecule has 0 atom stereocenters. The van der Waals surface area contributed by atoms with Crippen LogP contribution in [0.4, 0.5) is 13.2 Å². The van der Waals surface area contributed by atoms with Crippen LogP contribution in [0, 0.1) is 11.8 Å². The Morgan fingerprint density at radius 3 is 2.53 bits per heavy atom. The average Bonchev–Trinajstić information content (AvgIpc) is 2.18. The minimum absolute atomic E-state index is 0.0758. The van der Waals surface area contributed by atoms with Gasteiger partial charge in [-0.3, -0.25) is 0 Å². The fraction of sp³-hybridized carbons (Fsp3) is 0.300. The fourth-order valence-electron chi connectivity index (χ4n) is 0.844. The maximum absolute atomic E-state index is 12.1. The molecule has 0 aliphatic carbocycles. The molecule has 1 N–H and O–H groups in total. The summed E-state index contributed by atoms with van der Waals surface area (Å²) < 4.78 is 36.4. The average molecular weight is 215 g/mol. The minimum atomic E-state index is -4.37. The predicted molar refractivity (Wildman–Crippen MR) is 47.8 cm³/mol. The molecule has 0 radical (unpaired) electrons. The normalized spacial score (nSPS) is 10.7. The lowest BCUT2D eigenvalue weighted by atomic mass is 10.2. The molecule has 0 spiro atoms. The number of aromatic nitrogens is 1. The van der Waals surface area contributed by atoms with Gasteiger partial charge in [-0.2, -0.15) is 13.2 Å². The summed E-state index contributed by atoms with van der Waals surface area (Å²) in [5.74, 6) is 5.10. The number of alkyl halides is 3. The van der Waals surface area contributed by atoms with Crippen molar-refractivity contribution in [2.24, 2.45) is 0 Å². The van der Waals surface area contributed by atoms with Crippen LogP contribution in [0.1, 0.15) is 17.7 Å². The number of aliphatic hydroxyl groups excluding tert-OH is 1. The highest BCUT2D eigenvalue weighted by Gasteiger charge is 2.30. The molecule has 2 nitrogen and oxygen atoms in total. The van der Waals surface area contributed by atoms with Gasteiger partial charge in [0.05, 0.1) is 12.2 Å². The van der Waals surface area contributed by atoms with Gasteiger partial charge >= 0.3 is 6.18 Å². The van der Waals surface area contributed by atoms with Crippen molar-refractivity contribution in [3.63, 3.8) is 0 Å². The SMILES string of the molecule is OCCC#Cc1ccc(C(F)(F)F)cn1. The van der Waals surface area contributed by atoms with E-state index in [-0.39, 0.29) is 18.7 Å². The molecule has 0 aromatic carbocycles. The van der Waals surface area contributed by atoms with Crippen LogP contribution >= 0.6 is 0 Å². The van der Waals surface area contributed by atoms with Gasteiger partial charge in [0.2, 0.25) is 0 Å². The Morgan fingerprint density at radius 1 is 1.33 bits per heavy atom. The molecule has 0 unspecified atom stereocenters. The quantitative estimate of drug-likeness (QED) is 0.725. The van der Waals surface area contributed by atoms with E-state index in [0.29, 0.717) is 0 Å². The molecule has 0 saturated heterocycles. The van der Waals surface area contributed by atoms with Crippen molar-refractivity contribution >= 4 is 0 Å².